The van der Waals surface area contributed by atoms with Gasteiger partial charge in [-0.2, -0.15) is 0 Å². The van der Waals surface area contributed by atoms with Crippen molar-refractivity contribution < 1.29 is 4.79 Å². The van der Waals surface area contributed by atoms with E-state index in [4.69, 9.17) is 17.0 Å². The Hall–Kier alpha value is -2.22. The van der Waals surface area contributed by atoms with Gasteiger partial charge in [0.25, 0.3) is 5.91 Å². The topological polar surface area (TPSA) is 69.1 Å². The number of thiazole rings is 1. The second-order valence-corrected chi connectivity index (χ2v) is 9.48. The summed E-state index contributed by atoms with van der Waals surface area (Å²) in [6.07, 6.45) is 3.59. The fourth-order valence-corrected chi connectivity index (χ4v) is 5.07. The van der Waals surface area contributed by atoms with Gasteiger partial charge in [-0.1, -0.05) is 35.9 Å². The van der Waals surface area contributed by atoms with Crippen molar-refractivity contribution in [1.82, 2.24) is 15.2 Å². The molecule has 1 saturated heterocycles. The number of carbonyl (C=O) groups is 1. The van der Waals surface area contributed by atoms with Gasteiger partial charge >= 0.3 is 0 Å². The number of nitrogens with zero attached hydrogens (tertiary/aromatic N) is 2. The van der Waals surface area contributed by atoms with Crippen molar-refractivity contribution in [3.63, 3.8) is 0 Å². The summed E-state index contributed by atoms with van der Waals surface area (Å²) >= 11 is 8.69. The third-order valence-electron chi connectivity index (χ3n) is 4.86. The molecule has 150 valence electrons. The zero-order valence-electron chi connectivity index (χ0n) is 15.8. The molecular weight excluding hydrogens is 424 g/mol. The van der Waals surface area contributed by atoms with Crippen LogP contribution < -0.4 is 5.32 Å². The van der Waals surface area contributed by atoms with E-state index < -0.39 is 0 Å². The molecule has 29 heavy (non-hydrogen) atoms. The number of rotatable bonds is 5. The van der Waals surface area contributed by atoms with E-state index in [1.165, 1.54) is 30.6 Å². The molecule has 2 N–H and O–H groups in total. The quantitative estimate of drug-likeness (QED) is 0.416. The summed E-state index contributed by atoms with van der Waals surface area (Å²) in [5.74, 6) is 0.462. The molecule has 0 radical (unpaired) electrons. The van der Waals surface area contributed by atoms with E-state index in [2.05, 4.69) is 15.2 Å². The van der Waals surface area contributed by atoms with Crippen LogP contribution in [0.5, 0.6) is 0 Å². The Morgan fingerprint density at radius 2 is 1.90 bits per heavy atom. The molecule has 1 aliphatic rings. The summed E-state index contributed by atoms with van der Waals surface area (Å²) in [5, 5.41) is 14.2. The van der Waals surface area contributed by atoms with E-state index in [0.717, 1.165) is 34.9 Å². The number of thiophene rings is 1. The van der Waals surface area contributed by atoms with Crippen molar-refractivity contribution in [2.75, 3.05) is 13.1 Å². The number of benzene rings is 1. The average Bonchev–Trinajstić information content (AvgIpc) is 3.41. The maximum Gasteiger partial charge on any atom is 0.261 e. The number of carbonyl (C=O) groups excluding carboxylic acids is 1. The normalized spacial score (nSPS) is 14.0. The largest absolute Gasteiger partial charge is 0.357 e. The number of nitrogens with one attached hydrogen (secondary N) is 2. The first-order valence-electron chi connectivity index (χ1n) is 9.52. The summed E-state index contributed by atoms with van der Waals surface area (Å²) in [5.41, 5.74) is 2.79. The van der Waals surface area contributed by atoms with Crippen LogP contribution >= 0.6 is 34.3 Å². The van der Waals surface area contributed by atoms with Crippen LogP contribution in [0.2, 0.25) is 4.34 Å². The predicted molar refractivity (Wildman–Crippen MR) is 120 cm³/mol. The first-order chi connectivity index (χ1) is 14.1. The molecule has 1 aliphatic heterocycles. The lowest BCUT2D eigenvalue weighted by Gasteiger charge is -2.29. The van der Waals surface area contributed by atoms with Crippen LogP contribution in [0.25, 0.3) is 10.6 Å². The van der Waals surface area contributed by atoms with Gasteiger partial charge in [0.2, 0.25) is 0 Å². The van der Waals surface area contributed by atoms with E-state index in [1.807, 2.05) is 29.6 Å². The smallest absolute Gasteiger partial charge is 0.261 e. The molecule has 5 nitrogen and oxygen atoms in total. The number of amidine groups is 1. The zero-order valence-corrected chi connectivity index (χ0v) is 18.2. The van der Waals surface area contributed by atoms with Gasteiger partial charge in [0, 0.05) is 29.6 Å². The Balaban J connectivity index is 1.37. The van der Waals surface area contributed by atoms with Crippen LogP contribution in [0.1, 0.15) is 40.2 Å². The Kier molecular flexibility index (Phi) is 6.28. The minimum atomic E-state index is -0.142. The molecule has 1 amide bonds. The number of aromatic nitrogens is 1. The van der Waals surface area contributed by atoms with Crippen molar-refractivity contribution in [3.8, 4) is 10.6 Å². The number of hydrogen-bond donors (Lipinski definition) is 2. The van der Waals surface area contributed by atoms with Gasteiger partial charge in [0.05, 0.1) is 21.5 Å². The highest BCUT2D eigenvalue weighted by atomic mass is 35.5. The third-order valence-corrected chi connectivity index (χ3v) is 7.03. The van der Waals surface area contributed by atoms with Crippen molar-refractivity contribution in [2.24, 2.45) is 0 Å². The van der Waals surface area contributed by atoms with Gasteiger partial charge < -0.3 is 10.2 Å². The molecule has 3 aromatic rings. The van der Waals surface area contributed by atoms with Gasteiger partial charge in [-0.05, 0) is 31.4 Å². The predicted octanol–water partition coefficient (Wildman–Crippen LogP) is 5.27. The fourth-order valence-electron chi connectivity index (χ4n) is 3.29. The average molecular weight is 445 g/mol. The molecule has 1 aromatic carbocycles. The van der Waals surface area contributed by atoms with Crippen LogP contribution in [-0.4, -0.2) is 34.7 Å². The van der Waals surface area contributed by atoms with Crippen molar-refractivity contribution in [3.05, 3.63) is 62.2 Å². The van der Waals surface area contributed by atoms with Crippen LogP contribution in [0.4, 0.5) is 0 Å². The lowest BCUT2D eigenvalue weighted by atomic mass is 10.1. The summed E-state index contributed by atoms with van der Waals surface area (Å²) in [7, 11) is 0. The maximum absolute atomic E-state index is 12.1. The molecule has 0 bridgehead atoms. The van der Waals surface area contributed by atoms with E-state index in [9.17, 15) is 4.79 Å². The molecule has 0 unspecified atom stereocenters. The monoisotopic (exact) mass is 444 g/mol. The van der Waals surface area contributed by atoms with Gasteiger partial charge in [0.15, 0.2) is 0 Å². The molecule has 1 fully saturated rings. The standard InChI is InChI=1S/C21H21ClN4OS2/c22-18-9-8-17(29-18)20(27)24-12-16-13-28-21(25-16)15-6-4-14(5-7-15)19(23)26-10-2-1-3-11-26/h4-9,13,23H,1-3,10-12H2,(H,24,27). The van der Waals surface area contributed by atoms with E-state index in [0.29, 0.717) is 21.6 Å². The lowest BCUT2D eigenvalue weighted by Crippen LogP contribution is -2.35. The van der Waals surface area contributed by atoms with Crippen LogP contribution in [0.15, 0.2) is 41.8 Å². The van der Waals surface area contributed by atoms with Gasteiger partial charge in [-0.25, -0.2) is 4.98 Å². The van der Waals surface area contributed by atoms with Crippen LogP contribution in [0, 0.1) is 5.41 Å². The first-order valence-corrected chi connectivity index (χ1v) is 11.6. The number of hydrogen-bond acceptors (Lipinski definition) is 5. The SMILES string of the molecule is N=C(c1ccc(-c2nc(CNC(=O)c3ccc(Cl)s3)cs2)cc1)N1CCCCC1. The number of halogens is 1. The van der Waals surface area contributed by atoms with Crippen LogP contribution in [-0.2, 0) is 6.54 Å². The molecule has 4 rings (SSSR count). The summed E-state index contributed by atoms with van der Waals surface area (Å²) in [6.45, 7) is 2.32. The zero-order chi connectivity index (χ0) is 20.2. The summed E-state index contributed by atoms with van der Waals surface area (Å²) in [6, 6.07) is 11.5. The Morgan fingerprint density at radius 3 is 2.59 bits per heavy atom. The van der Waals surface area contributed by atoms with E-state index in [-0.39, 0.29) is 5.91 Å². The third kappa shape index (κ3) is 4.86. The highest BCUT2D eigenvalue weighted by molar-refractivity contribution is 7.18. The Bertz CT molecular complexity index is 1010. The van der Waals surface area contributed by atoms with Crippen molar-refractivity contribution >= 4 is 46.0 Å². The minimum Gasteiger partial charge on any atom is -0.357 e. The van der Waals surface area contributed by atoms with Gasteiger partial charge in [0.1, 0.15) is 10.8 Å². The Morgan fingerprint density at radius 1 is 1.14 bits per heavy atom. The molecule has 8 heteroatoms. The molecule has 0 atom stereocenters. The van der Waals surface area contributed by atoms with Crippen molar-refractivity contribution in [1.29, 1.82) is 5.41 Å². The lowest BCUT2D eigenvalue weighted by molar-refractivity contribution is 0.0954. The summed E-state index contributed by atoms with van der Waals surface area (Å²) in [4.78, 5) is 19.5. The Labute approximate surface area is 182 Å². The highest BCUT2D eigenvalue weighted by Crippen LogP contribution is 2.25. The fraction of sp³-hybridized carbons (Fsp3) is 0.286. The number of amides is 1. The molecule has 0 aliphatic carbocycles. The van der Waals surface area contributed by atoms with Gasteiger partial charge in [-0.3, -0.25) is 10.2 Å². The molecular formula is C21H21ClN4OS2. The second kappa shape index (κ2) is 9.07. The molecule has 3 heterocycles. The minimum absolute atomic E-state index is 0.142. The molecule has 0 spiro atoms. The maximum atomic E-state index is 12.1. The highest BCUT2D eigenvalue weighted by Gasteiger charge is 2.15. The van der Waals surface area contributed by atoms with Crippen LogP contribution in [0.3, 0.4) is 0 Å². The van der Waals surface area contributed by atoms with E-state index in [1.54, 1.807) is 23.5 Å². The van der Waals surface area contributed by atoms with E-state index >= 15 is 0 Å². The number of likely N-dealkylation sites (tertiary alicyclic amines) is 1. The molecule has 0 saturated carbocycles. The van der Waals surface area contributed by atoms with Crippen molar-refractivity contribution in [2.45, 2.75) is 25.8 Å². The van der Waals surface area contributed by atoms with Gasteiger partial charge in [-0.15, -0.1) is 22.7 Å². The summed E-state index contributed by atoms with van der Waals surface area (Å²) < 4.78 is 0.600. The first kappa shape index (κ1) is 20.1. The number of piperidine rings is 1. The second-order valence-electron chi connectivity index (χ2n) is 6.90. The molecule has 2 aromatic heterocycles.